The van der Waals surface area contributed by atoms with Gasteiger partial charge in [0, 0.05) is 29.8 Å². The molecule has 0 saturated carbocycles. The fraction of sp³-hybridized carbons (Fsp3) is 0.231. The minimum Gasteiger partial charge on any atom is -0.396 e. The van der Waals surface area contributed by atoms with E-state index in [4.69, 9.17) is 5.11 Å². The summed E-state index contributed by atoms with van der Waals surface area (Å²) in [5, 5.41) is 9.55. The van der Waals surface area contributed by atoms with Crippen molar-refractivity contribution in [2.45, 2.75) is 13.3 Å². The summed E-state index contributed by atoms with van der Waals surface area (Å²) in [6.45, 7) is 1.34. The molecule has 2 rings (SSSR count). The van der Waals surface area contributed by atoms with Gasteiger partial charge in [-0.2, -0.15) is 0 Å². The summed E-state index contributed by atoms with van der Waals surface area (Å²) in [5.74, 6) is -0.135. The Balaban J connectivity index is 2.43. The van der Waals surface area contributed by atoms with Crippen molar-refractivity contribution >= 4 is 22.5 Å². The number of aromatic nitrogens is 1. The lowest BCUT2D eigenvalue weighted by molar-refractivity contribution is 0.0955. The molecule has 1 heterocycles. The molecule has 0 radical (unpaired) electrons. The number of aliphatic hydroxyl groups excluding tert-OH is 1. The van der Waals surface area contributed by atoms with Crippen LogP contribution in [0.1, 0.15) is 34.2 Å². The molecule has 17 heavy (non-hydrogen) atoms. The third kappa shape index (κ3) is 2.26. The highest BCUT2D eigenvalue weighted by molar-refractivity contribution is 6.02. The molecule has 0 amide bonds. The molecule has 0 fully saturated rings. The maximum atomic E-state index is 11.6. The Morgan fingerprint density at radius 1 is 1.29 bits per heavy atom. The van der Waals surface area contributed by atoms with Crippen molar-refractivity contribution in [3.63, 3.8) is 0 Å². The number of nitrogens with one attached hydrogen (secondary N) is 1. The zero-order valence-corrected chi connectivity index (χ0v) is 9.49. The van der Waals surface area contributed by atoms with Gasteiger partial charge in [0.15, 0.2) is 11.6 Å². The number of hydrogen-bond donors (Lipinski definition) is 2. The van der Waals surface area contributed by atoms with Gasteiger partial charge in [-0.3, -0.25) is 9.59 Å². The fourth-order valence-corrected chi connectivity index (χ4v) is 1.74. The van der Waals surface area contributed by atoms with Crippen molar-refractivity contribution in [3.8, 4) is 0 Å². The summed E-state index contributed by atoms with van der Waals surface area (Å²) in [4.78, 5) is 25.8. The monoisotopic (exact) mass is 231 g/mol. The van der Waals surface area contributed by atoms with Crippen LogP contribution in [0, 0.1) is 0 Å². The Hall–Kier alpha value is -1.94. The van der Waals surface area contributed by atoms with E-state index in [0.29, 0.717) is 11.3 Å². The van der Waals surface area contributed by atoms with Crippen LogP contribution in [-0.4, -0.2) is 28.3 Å². The molecule has 0 aliphatic heterocycles. The minimum absolute atomic E-state index is 0.0376. The van der Waals surface area contributed by atoms with Crippen LogP contribution in [0.15, 0.2) is 24.3 Å². The summed E-state index contributed by atoms with van der Waals surface area (Å²) in [5.41, 5.74) is 1.92. The Bertz CT molecular complexity index is 583. The molecule has 4 heteroatoms. The second-order valence-electron chi connectivity index (χ2n) is 3.94. The highest BCUT2D eigenvalue weighted by Crippen LogP contribution is 2.18. The van der Waals surface area contributed by atoms with Gasteiger partial charge in [0.2, 0.25) is 0 Å². The molecule has 0 aliphatic carbocycles. The quantitative estimate of drug-likeness (QED) is 0.790. The molecule has 4 nitrogen and oxygen atoms in total. The maximum absolute atomic E-state index is 11.6. The molecule has 1 aromatic heterocycles. The van der Waals surface area contributed by atoms with E-state index in [1.807, 2.05) is 0 Å². The van der Waals surface area contributed by atoms with Crippen molar-refractivity contribution in [2.24, 2.45) is 0 Å². The standard InChI is InChI=1S/C13H13NO3/c1-8(16)12-7-10-6-9(13(17)4-5-15)2-3-11(10)14-12/h2-3,6-7,14-15H,4-5H2,1H3. The number of benzene rings is 1. The smallest absolute Gasteiger partial charge is 0.175 e. The lowest BCUT2D eigenvalue weighted by Crippen LogP contribution is -2.01. The Labute approximate surface area is 98.3 Å². The Morgan fingerprint density at radius 2 is 2.06 bits per heavy atom. The largest absolute Gasteiger partial charge is 0.396 e. The SMILES string of the molecule is CC(=O)c1cc2cc(C(=O)CCO)ccc2[nH]1. The van der Waals surface area contributed by atoms with Gasteiger partial charge in [0.1, 0.15) is 0 Å². The molecule has 0 spiro atoms. The predicted octanol–water partition coefficient (Wildman–Crippen LogP) is 1.94. The number of carbonyl (C=O) groups is 2. The van der Waals surface area contributed by atoms with Crippen molar-refractivity contribution in [3.05, 3.63) is 35.5 Å². The highest BCUT2D eigenvalue weighted by atomic mass is 16.3. The lowest BCUT2D eigenvalue weighted by atomic mass is 10.1. The normalized spacial score (nSPS) is 10.7. The number of Topliss-reactive ketones (excluding diaryl/α,β-unsaturated/α-hetero) is 2. The molecule has 0 atom stereocenters. The number of H-pyrrole nitrogens is 1. The molecule has 1 aromatic carbocycles. The minimum atomic E-state index is -0.150. The molecule has 0 saturated heterocycles. The number of ketones is 2. The number of aromatic amines is 1. The zero-order valence-electron chi connectivity index (χ0n) is 9.49. The van der Waals surface area contributed by atoms with Gasteiger partial charge in [-0.1, -0.05) is 0 Å². The third-order valence-electron chi connectivity index (χ3n) is 2.66. The second-order valence-corrected chi connectivity index (χ2v) is 3.94. The maximum Gasteiger partial charge on any atom is 0.175 e. The number of carbonyl (C=O) groups excluding carboxylic acids is 2. The van der Waals surface area contributed by atoms with E-state index in [0.717, 1.165) is 10.9 Å². The first-order chi connectivity index (χ1) is 8.11. The van der Waals surface area contributed by atoms with Crippen LogP contribution in [-0.2, 0) is 0 Å². The first-order valence-electron chi connectivity index (χ1n) is 5.39. The number of fused-ring (bicyclic) bond motifs is 1. The zero-order chi connectivity index (χ0) is 12.4. The van der Waals surface area contributed by atoms with Gasteiger partial charge in [0.05, 0.1) is 12.3 Å². The van der Waals surface area contributed by atoms with Gasteiger partial charge >= 0.3 is 0 Å². The summed E-state index contributed by atoms with van der Waals surface area (Å²) in [7, 11) is 0. The highest BCUT2D eigenvalue weighted by Gasteiger charge is 2.09. The first kappa shape index (κ1) is 11.5. The van der Waals surface area contributed by atoms with Crippen LogP contribution in [0.4, 0.5) is 0 Å². The molecular formula is C13H13NO3. The number of hydrogen-bond acceptors (Lipinski definition) is 3. The number of rotatable bonds is 4. The van der Waals surface area contributed by atoms with Crippen LogP contribution in [0.3, 0.4) is 0 Å². The average Bonchev–Trinajstić information content (AvgIpc) is 2.71. The van der Waals surface area contributed by atoms with Gasteiger partial charge in [0.25, 0.3) is 0 Å². The van der Waals surface area contributed by atoms with E-state index in [9.17, 15) is 9.59 Å². The van der Waals surface area contributed by atoms with Crippen molar-refractivity contribution in [2.75, 3.05) is 6.61 Å². The van der Waals surface area contributed by atoms with Crippen LogP contribution >= 0.6 is 0 Å². The van der Waals surface area contributed by atoms with E-state index in [2.05, 4.69) is 4.98 Å². The third-order valence-corrected chi connectivity index (χ3v) is 2.66. The van der Waals surface area contributed by atoms with Crippen molar-refractivity contribution < 1.29 is 14.7 Å². The molecular weight excluding hydrogens is 218 g/mol. The van der Waals surface area contributed by atoms with Crippen molar-refractivity contribution in [1.82, 2.24) is 4.98 Å². The van der Waals surface area contributed by atoms with Gasteiger partial charge in [-0.15, -0.1) is 0 Å². The number of aliphatic hydroxyl groups is 1. The summed E-state index contributed by atoms with van der Waals surface area (Å²) < 4.78 is 0. The molecule has 0 unspecified atom stereocenters. The molecule has 2 N–H and O–H groups in total. The Kier molecular flexibility index (Phi) is 3.06. The summed E-state index contributed by atoms with van der Waals surface area (Å²) in [6, 6.07) is 6.93. The van der Waals surface area contributed by atoms with Crippen molar-refractivity contribution in [1.29, 1.82) is 0 Å². The van der Waals surface area contributed by atoms with E-state index < -0.39 is 0 Å². The molecule has 0 bridgehead atoms. The van der Waals surface area contributed by atoms with E-state index >= 15 is 0 Å². The summed E-state index contributed by atoms with van der Waals surface area (Å²) >= 11 is 0. The van der Waals surface area contributed by atoms with Crippen LogP contribution in [0.25, 0.3) is 10.9 Å². The predicted molar refractivity (Wildman–Crippen MR) is 64.3 cm³/mol. The van der Waals surface area contributed by atoms with E-state index in [1.165, 1.54) is 6.92 Å². The molecule has 0 aliphatic rings. The second kappa shape index (κ2) is 4.51. The lowest BCUT2D eigenvalue weighted by Gasteiger charge is -1.98. The molecule has 88 valence electrons. The summed E-state index contributed by atoms with van der Waals surface area (Å²) in [6.07, 6.45) is 0.121. The van der Waals surface area contributed by atoms with Crippen LogP contribution < -0.4 is 0 Å². The average molecular weight is 231 g/mol. The fourth-order valence-electron chi connectivity index (χ4n) is 1.74. The van der Waals surface area contributed by atoms with E-state index in [-0.39, 0.29) is 24.6 Å². The van der Waals surface area contributed by atoms with E-state index in [1.54, 1.807) is 24.3 Å². The van der Waals surface area contributed by atoms with Gasteiger partial charge in [-0.25, -0.2) is 0 Å². The Morgan fingerprint density at radius 3 is 2.71 bits per heavy atom. The first-order valence-corrected chi connectivity index (χ1v) is 5.39. The topological polar surface area (TPSA) is 70.2 Å². The van der Waals surface area contributed by atoms with Crippen LogP contribution in [0.2, 0.25) is 0 Å². The van der Waals surface area contributed by atoms with Gasteiger partial charge < -0.3 is 10.1 Å². The van der Waals surface area contributed by atoms with Crippen LogP contribution in [0.5, 0.6) is 0 Å². The van der Waals surface area contributed by atoms with Gasteiger partial charge in [-0.05, 0) is 24.3 Å². The molecule has 2 aromatic rings.